The van der Waals surface area contributed by atoms with E-state index < -0.39 is 0 Å². The van der Waals surface area contributed by atoms with Crippen LogP contribution in [0.1, 0.15) is 18.1 Å². The van der Waals surface area contributed by atoms with E-state index in [1.807, 2.05) is 60.6 Å². The van der Waals surface area contributed by atoms with Crippen LogP contribution in [0.2, 0.25) is 0 Å². The number of ether oxygens (including phenoxy) is 1. The van der Waals surface area contributed by atoms with Crippen LogP contribution in [-0.2, 0) is 13.6 Å². The lowest BCUT2D eigenvalue weighted by atomic mass is 10.3. The van der Waals surface area contributed by atoms with Gasteiger partial charge in [0.1, 0.15) is 24.7 Å². The molecule has 150 valence electrons. The molecule has 2 aromatic rings. The van der Waals surface area contributed by atoms with Gasteiger partial charge in [-0.1, -0.05) is 18.2 Å². The van der Waals surface area contributed by atoms with Crippen LogP contribution in [0, 0.1) is 6.92 Å². The lowest BCUT2D eigenvalue weighted by Gasteiger charge is -2.13. The van der Waals surface area contributed by atoms with Gasteiger partial charge >= 0.3 is 0 Å². The average molecular weight is 504 g/mol. The number of nitrogens with one attached hydrogen (secondary N) is 2. The molecule has 9 heteroatoms. The molecular weight excluding hydrogens is 475 g/mol. The van der Waals surface area contributed by atoms with Crippen LogP contribution in [0.4, 0.5) is 0 Å². The molecule has 0 amide bonds. The Morgan fingerprint density at radius 2 is 1.93 bits per heavy atom. The maximum atomic E-state index is 5.71. The van der Waals surface area contributed by atoms with Crippen LogP contribution in [0.15, 0.2) is 35.3 Å². The predicted octanol–water partition coefficient (Wildman–Crippen LogP) is 2.61. The molecule has 2 N–H and O–H groups in total. The third-order valence-electron chi connectivity index (χ3n) is 3.79. The fraction of sp³-hybridized carbons (Fsp3) is 0.500. The van der Waals surface area contributed by atoms with Crippen molar-refractivity contribution in [2.75, 3.05) is 31.7 Å². The highest BCUT2D eigenvalue weighted by Crippen LogP contribution is 2.07. The van der Waals surface area contributed by atoms with E-state index in [0.29, 0.717) is 19.7 Å². The third kappa shape index (κ3) is 8.83. The number of aryl methyl sites for hydroxylation is 1. The fourth-order valence-corrected chi connectivity index (χ4v) is 2.62. The van der Waals surface area contributed by atoms with E-state index in [9.17, 15) is 0 Å². The van der Waals surface area contributed by atoms with Crippen molar-refractivity contribution in [2.24, 2.45) is 12.0 Å². The highest BCUT2D eigenvalue weighted by Gasteiger charge is 2.05. The van der Waals surface area contributed by atoms with Gasteiger partial charge in [-0.25, -0.2) is 4.99 Å². The number of aromatic nitrogens is 3. The van der Waals surface area contributed by atoms with Gasteiger partial charge in [0, 0.05) is 13.6 Å². The molecule has 2 rings (SSSR count). The van der Waals surface area contributed by atoms with Crippen molar-refractivity contribution in [2.45, 2.75) is 19.9 Å². The number of benzene rings is 1. The lowest BCUT2D eigenvalue weighted by molar-refractivity contribution is 0.322. The second-order valence-corrected chi connectivity index (χ2v) is 6.73. The molecule has 0 aliphatic heterocycles. The minimum absolute atomic E-state index is 0. The summed E-state index contributed by atoms with van der Waals surface area (Å²) in [6.45, 7) is 4.53. The highest BCUT2D eigenvalue weighted by molar-refractivity contribution is 14.0. The summed E-state index contributed by atoms with van der Waals surface area (Å²) in [6.07, 6.45) is 3.20. The van der Waals surface area contributed by atoms with Gasteiger partial charge in [-0.05, 0) is 37.5 Å². The second-order valence-electron chi connectivity index (χ2n) is 5.75. The van der Waals surface area contributed by atoms with E-state index >= 15 is 0 Å². The van der Waals surface area contributed by atoms with Crippen LogP contribution < -0.4 is 15.4 Å². The minimum Gasteiger partial charge on any atom is -0.492 e. The topological polar surface area (TPSA) is 76.4 Å². The Morgan fingerprint density at radius 1 is 1.19 bits per heavy atom. The largest absolute Gasteiger partial charge is 0.492 e. The Morgan fingerprint density at radius 3 is 2.59 bits per heavy atom. The summed E-state index contributed by atoms with van der Waals surface area (Å²) in [5.41, 5.74) is 0. The number of guanidine groups is 1. The number of halogens is 1. The minimum atomic E-state index is 0. The zero-order valence-corrected chi connectivity index (χ0v) is 19.3. The van der Waals surface area contributed by atoms with Crippen molar-refractivity contribution in [3.05, 3.63) is 42.0 Å². The molecule has 1 aromatic carbocycles. The zero-order valence-electron chi connectivity index (χ0n) is 16.1. The normalized spacial score (nSPS) is 11.0. The monoisotopic (exact) mass is 504 g/mol. The summed E-state index contributed by atoms with van der Waals surface area (Å²) in [6, 6.07) is 9.80. The molecule has 1 heterocycles. The summed E-state index contributed by atoms with van der Waals surface area (Å²) in [5, 5.41) is 14.9. The second kappa shape index (κ2) is 13.6. The van der Waals surface area contributed by atoms with Gasteiger partial charge in [0.25, 0.3) is 0 Å². The van der Waals surface area contributed by atoms with Crippen molar-refractivity contribution in [3.8, 4) is 5.75 Å². The number of aliphatic imine (C=N–C) groups is 1. The van der Waals surface area contributed by atoms with Gasteiger partial charge < -0.3 is 19.9 Å². The van der Waals surface area contributed by atoms with Crippen LogP contribution in [0.25, 0.3) is 0 Å². The molecule has 0 spiro atoms. The van der Waals surface area contributed by atoms with Gasteiger partial charge in [0.15, 0.2) is 11.8 Å². The van der Waals surface area contributed by atoms with Crippen molar-refractivity contribution < 1.29 is 4.74 Å². The van der Waals surface area contributed by atoms with Crippen LogP contribution in [0.5, 0.6) is 5.75 Å². The molecular formula is C18H29IN6OS. The fourth-order valence-electron chi connectivity index (χ4n) is 2.19. The summed E-state index contributed by atoms with van der Waals surface area (Å²) in [5.74, 6) is 4.49. The molecule has 0 unspecified atom stereocenters. The molecule has 0 atom stereocenters. The first-order valence-corrected chi connectivity index (χ1v) is 10.1. The van der Waals surface area contributed by atoms with Gasteiger partial charge in [0.05, 0.1) is 6.54 Å². The number of nitrogens with zero attached hydrogens (tertiary/aromatic N) is 4. The summed E-state index contributed by atoms with van der Waals surface area (Å²) >= 11 is 1.85. The molecule has 27 heavy (non-hydrogen) atoms. The third-order valence-corrected chi connectivity index (χ3v) is 4.48. The SMILES string of the molecule is CSCCCNC(=NCc1nnc(C)n1C)NCCOc1ccccc1.I. The molecule has 0 aliphatic rings. The zero-order chi connectivity index (χ0) is 18.6. The number of para-hydroxylation sites is 1. The van der Waals surface area contributed by atoms with Crippen molar-refractivity contribution >= 4 is 41.7 Å². The Hall–Kier alpha value is -1.49. The Balaban J connectivity index is 0.00000364. The summed E-state index contributed by atoms with van der Waals surface area (Å²) < 4.78 is 7.66. The summed E-state index contributed by atoms with van der Waals surface area (Å²) in [4.78, 5) is 4.62. The molecule has 0 aliphatic carbocycles. The van der Waals surface area contributed by atoms with Gasteiger partial charge in [-0.15, -0.1) is 34.2 Å². The van der Waals surface area contributed by atoms with E-state index in [-0.39, 0.29) is 24.0 Å². The standard InChI is InChI=1S/C18H28N6OS.HI/c1-15-22-23-17(24(15)2)14-21-18(19-10-7-13-26-3)20-11-12-25-16-8-5-4-6-9-16;/h4-6,8-9H,7,10-14H2,1-3H3,(H2,19,20,21);1H. The van der Waals surface area contributed by atoms with E-state index in [1.165, 1.54) is 0 Å². The van der Waals surface area contributed by atoms with Crippen molar-refractivity contribution in [1.29, 1.82) is 0 Å². The van der Waals surface area contributed by atoms with Crippen molar-refractivity contribution in [1.82, 2.24) is 25.4 Å². The molecule has 0 saturated heterocycles. The molecule has 7 nitrogen and oxygen atoms in total. The maximum absolute atomic E-state index is 5.71. The van der Waals surface area contributed by atoms with Crippen molar-refractivity contribution in [3.63, 3.8) is 0 Å². The van der Waals surface area contributed by atoms with E-state index in [4.69, 9.17) is 4.74 Å². The summed E-state index contributed by atoms with van der Waals surface area (Å²) in [7, 11) is 1.95. The number of hydrogen-bond donors (Lipinski definition) is 2. The quantitative estimate of drug-likeness (QED) is 0.224. The van der Waals surface area contributed by atoms with Crippen LogP contribution in [0.3, 0.4) is 0 Å². The molecule has 0 bridgehead atoms. The smallest absolute Gasteiger partial charge is 0.191 e. The first-order valence-electron chi connectivity index (χ1n) is 8.74. The first kappa shape index (κ1) is 23.5. The van der Waals surface area contributed by atoms with Gasteiger partial charge in [-0.3, -0.25) is 0 Å². The van der Waals surface area contributed by atoms with Crippen LogP contribution >= 0.6 is 35.7 Å². The molecule has 1 aromatic heterocycles. The predicted molar refractivity (Wildman–Crippen MR) is 123 cm³/mol. The molecule has 0 radical (unpaired) electrons. The van der Waals surface area contributed by atoms with E-state index in [1.54, 1.807) is 0 Å². The van der Waals surface area contributed by atoms with E-state index in [0.717, 1.165) is 42.1 Å². The Bertz CT molecular complexity index is 680. The van der Waals surface area contributed by atoms with Crippen LogP contribution in [-0.4, -0.2) is 52.4 Å². The van der Waals surface area contributed by atoms with Gasteiger partial charge in [-0.2, -0.15) is 11.8 Å². The Kier molecular flexibility index (Phi) is 11.9. The Labute approximate surface area is 182 Å². The average Bonchev–Trinajstić information content (AvgIpc) is 2.98. The number of thioether (sulfide) groups is 1. The number of rotatable bonds is 10. The first-order chi connectivity index (χ1) is 12.7. The maximum Gasteiger partial charge on any atom is 0.191 e. The molecule has 0 fully saturated rings. The van der Waals surface area contributed by atoms with Gasteiger partial charge in [0.2, 0.25) is 0 Å². The highest BCUT2D eigenvalue weighted by atomic mass is 127. The lowest BCUT2D eigenvalue weighted by Crippen LogP contribution is -2.40. The molecule has 0 saturated carbocycles. The number of hydrogen-bond acceptors (Lipinski definition) is 5. The van der Waals surface area contributed by atoms with E-state index in [2.05, 4.69) is 32.1 Å².